The lowest BCUT2D eigenvalue weighted by Crippen LogP contribution is -2.33. The summed E-state index contributed by atoms with van der Waals surface area (Å²) in [5, 5.41) is 2.54. The summed E-state index contributed by atoms with van der Waals surface area (Å²) < 4.78 is 26.8. The van der Waals surface area contributed by atoms with Gasteiger partial charge in [0.15, 0.2) is 11.6 Å². The fraction of sp³-hybridized carbons (Fsp3) is 0.474. The van der Waals surface area contributed by atoms with Gasteiger partial charge < -0.3 is 5.32 Å². The number of amides is 1. The van der Waals surface area contributed by atoms with Crippen LogP contribution >= 0.6 is 9.24 Å². The molecule has 1 amide bonds. The van der Waals surface area contributed by atoms with Gasteiger partial charge in [0.25, 0.3) is 5.91 Å². The maximum Gasteiger partial charge on any atom is 0.291 e. The second-order valence-corrected chi connectivity index (χ2v) is 7.32. The van der Waals surface area contributed by atoms with Crippen molar-refractivity contribution in [3.8, 4) is 0 Å². The van der Waals surface area contributed by atoms with Gasteiger partial charge in [0.05, 0.1) is 0 Å². The van der Waals surface area contributed by atoms with Gasteiger partial charge in [-0.2, -0.15) is 0 Å². The summed E-state index contributed by atoms with van der Waals surface area (Å²) in [5.74, 6) is -2.10. The smallest absolute Gasteiger partial charge is 0.291 e. The predicted molar refractivity (Wildman–Crippen MR) is 101 cm³/mol. The lowest BCUT2D eigenvalue weighted by atomic mass is 9.91. The maximum absolute atomic E-state index is 13.5. The number of Topliss-reactive ketones (excluding diaryl/α,β-unsaturated/α-hetero) is 1. The monoisotopic (exact) mass is 382 g/mol. The zero-order valence-corrected chi connectivity index (χ0v) is 15.9. The first-order valence-electron chi connectivity index (χ1n) is 8.81. The molecule has 142 valence electrons. The van der Waals surface area contributed by atoms with Gasteiger partial charge in [-0.3, -0.25) is 14.5 Å². The molecule has 1 aliphatic heterocycles. The highest BCUT2D eigenvalue weighted by molar-refractivity contribution is 7.27. The van der Waals surface area contributed by atoms with Crippen molar-refractivity contribution < 1.29 is 18.4 Å². The quantitative estimate of drug-likeness (QED) is 0.556. The third-order valence-electron chi connectivity index (χ3n) is 4.73. The molecule has 1 saturated heterocycles. The Morgan fingerprint density at radius 1 is 1.31 bits per heavy atom. The van der Waals surface area contributed by atoms with E-state index in [1.54, 1.807) is 6.07 Å². The molecule has 1 unspecified atom stereocenters. The fourth-order valence-electron chi connectivity index (χ4n) is 3.29. The Balaban J connectivity index is 1.71. The highest BCUT2D eigenvalue weighted by atomic mass is 31.0. The van der Waals surface area contributed by atoms with E-state index in [-0.39, 0.29) is 11.7 Å². The molecule has 1 aromatic carbocycles. The first-order chi connectivity index (χ1) is 12.4. The lowest BCUT2D eigenvalue weighted by molar-refractivity contribution is -0.137. The van der Waals surface area contributed by atoms with E-state index in [4.69, 9.17) is 0 Å². The molecule has 0 bridgehead atoms. The fourth-order valence-corrected chi connectivity index (χ4v) is 3.64. The van der Waals surface area contributed by atoms with Crippen LogP contribution in [0.4, 0.5) is 8.78 Å². The molecule has 7 heteroatoms. The van der Waals surface area contributed by atoms with E-state index < -0.39 is 23.3 Å². The van der Waals surface area contributed by atoms with Crippen molar-refractivity contribution in [2.24, 2.45) is 5.92 Å². The normalized spacial score (nSPS) is 15.7. The van der Waals surface area contributed by atoms with Crippen molar-refractivity contribution in [3.05, 3.63) is 42.1 Å². The minimum Gasteiger partial charge on any atom is -0.327 e. The number of hydrogen-bond acceptors (Lipinski definition) is 3. The molecule has 0 radical (unpaired) electrons. The number of likely N-dealkylation sites (tertiary alicyclic amines) is 1. The molecule has 1 heterocycles. The molecular weight excluding hydrogens is 357 g/mol. The number of piperidine rings is 1. The van der Waals surface area contributed by atoms with Crippen LogP contribution in [0.25, 0.3) is 0 Å². The van der Waals surface area contributed by atoms with Crippen molar-refractivity contribution in [3.63, 3.8) is 0 Å². The van der Waals surface area contributed by atoms with Gasteiger partial charge in [-0.1, -0.05) is 6.58 Å². The van der Waals surface area contributed by atoms with Gasteiger partial charge in [0.2, 0.25) is 5.78 Å². The van der Waals surface area contributed by atoms with E-state index in [0.29, 0.717) is 18.9 Å². The zero-order chi connectivity index (χ0) is 19.1. The lowest BCUT2D eigenvalue weighted by Gasteiger charge is -2.32. The Morgan fingerprint density at radius 2 is 2.00 bits per heavy atom. The first-order valence-corrected chi connectivity index (χ1v) is 9.38. The molecule has 0 saturated carbocycles. The summed E-state index contributed by atoms with van der Waals surface area (Å²) in [6.07, 6.45) is 5.10. The van der Waals surface area contributed by atoms with Crippen molar-refractivity contribution in [1.82, 2.24) is 10.2 Å². The summed E-state index contributed by atoms with van der Waals surface area (Å²) in [6.45, 7) is 5.74. The van der Waals surface area contributed by atoms with Crippen molar-refractivity contribution in [2.75, 3.05) is 13.1 Å². The number of nitrogens with one attached hydrogen (secondary N) is 1. The molecule has 1 N–H and O–H groups in total. The molecule has 1 fully saturated rings. The average Bonchev–Trinajstić information content (AvgIpc) is 2.61. The summed E-state index contributed by atoms with van der Waals surface area (Å²) in [7, 11) is 2.22. The van der Waals surface area contributed by atoms with Gasteiger partial charge in [-0.15, -0.1) is 9.24 Å². The number of rotatable bonds is 8. The van der Waals surface area contributed by atoms with E-state index in [9.17, 15) is 18.4 Å². The minimum atomic E-state index is -0.812. The number of hydrogen-bond donors (Lipinski definition) is 1. The standard InChI is InChI=1S/C19H25F2N2O2P/c1-2-22-19(25)16(24)5-3-4-13-6-8-23(9-7-13)12-14-10-15(20)18(21)17(26)11-14/h2,10-11,13H,1,3-9,12,26H2,(H,22,25). The topological polar surface area (TPSA) is 49.4 Å². The van der Waals surface area contributed by atoms with Crippen LogP contribution in [0.5, 0.6) is 0 Å². The second kappa shape index (κ2) is 9.89. The average molecular weight is 382 g/mol. The van der Waals surface area contributed by atoms with Crippen LogP contribution in [0.15, 0.2) is 24.9 Å². The molecule has 2 rings (SSSR count). The molecule has 0 aliphatic carbocycles. The Morgan fingerprint density at radius 3 is 2.62 bits per heavy atom. The summed E-state index contributed by atoms with van der Waals surface area (Å²) in [6, 6.07) is 2.92. The number of halogens is 2. The van der Waals surface area contributed by atoms with Crippen molar-refractivity contribution >= 4 is 26.2 Å². The first kappa shape index (κ1) is 20.7. The van der Waals surface area contributed by atoms with E-state index in [2.05, 4.69) is 26.0 Å². The van der Waals surface area contributed by atoms with Gasteiger partial charge in [-0.05, 0) is 68.6 Å². The number of ketones is 1. The van der Waals surface area contributed by atoms with Crippen LogP contribution in [-0.4, -0.2) is 29.7 Å². The third-order valence-corrected chi connectivity index (χ3v) is 5.15. The number of carbonyl (C=O) groups is 2. The highest BCUT2D eigenvalue weighted by Crippen LogP contribution is 2.24. The molecule has 1 atom stereocenters. The van der Waals surface area contributed by atoms with E-state index in [1.807, 2.05) is 0 Å². The van der Waals surface area contributed by atoms with Crippen molar-refractivity contribution in [2.45, 2.75) is 38.6 Å². The van der Waals surface area contributed by atoms with Crippen LogP contribution in [0, 0.1) is 17.6 Å². The van der Waals surface area contributed by atoms with Crippen LogP contribution in [-0.2, 0) is 16.1 Å². The number of benzene rings is 1. The Bertz CT molecular complexity index is 650. The van der Waals surface area contributed by atoms with Gasteiger partial charge in [0.1, 0.15) is 0 Å². The maximum atomic E-state index is 13.5. The van der Waals surface area contributed by atoms with Gasteiger partial charge in [-0.25, -0.2) is 8.78 Å². The Kier molecular flexibility index (Phi) is 7.85. The highest BCUT2D eigenvalue weighted by Gasteiger charge is 2.21. The summed E-state index contributed by atoms with van der Waals surface area (Å²) >= 11 is 0. The molecule has 0 aromatic heterocycles. The van der Waals surface area contributed by atoms with Gasteiger partial charge >= 0.3 is 0 Å². The predicted octanol–water partition coefficient (Wildman–Crippen LogP) is 2.68. The summed E-state index contributed by atoms with van der Waals surface area (Å²) in [4.78, 5) is 25.1. The Labute approximate surface area is 155 Å². The molecule has 4 nitrogen and oxygen atoms in total. The van der Waals surface area contributed by atoms with Crippen molar-refractivity contribution in [1.29, 1.82) is 0 Å². The Hall–Kier alpha value is -1.65. The van der Waals surface area contributed by atoms with Crippen LogP contribution in [0.3, 0.4) is 0 Å². The van der Waals surface area contributed by atoms with E-state index in [1.165, 1.54) is 12.3 Å². The molecule has 26 heavy (non-hydrogen) atoms. The zero-order valence-electron chi connectivity index (χ0n) is 14.8. The number of nitrogens with zero attached hydrogens (tertiary/aromatic N) is 1. The molecular formula is C19H25F2N2O2P. The van der Waals surface area contributed by atoms with Gasteiger partial charge in [0, 0.05) is 18.3 Å². The van der Waals surface area contributed by atoms with E-state index >= 15 is 0 Å². The largest absolute Gasteiger partial charge is 0.327 e. The third kappa shape index (κ3) is 5.96. The minimum absolute atomic E-state index is 0.250. The number of carbonyl (C=O) groups excluding carboxylic acids is 2. The second-order valence-electron chi connectivity index (χ2n) is 6.69. The van der Waals surface area contributed by atoms with Crippen LogP contribution < -0.4 is 10.6 Å². The molecule has 1 aliphatic rings. The molecule has 0 spiro atoms. The summed E-state index contributed by atoms with van der Waals surface area (Å²) in [5.41, 5.74) is 0.770. The van der Waals surface area contributed by atoms with Crippen LogP contribution in [0.2, 0.25) is 0 Å². The van der Waals surface area contributed by atoms with E-state index in [0.717, 1.165) is 37.9 Å². The SMILES string of the molecule is C=CNC(=O)C(=O)CCCC1CCN(Cc2cc(F)c(F)c(P)c2)CC1. The van der Waals surface area contributed by atoms with Crippen LogP contribution in [0.1, 0.15) is 37.7 Å². The molecule has 1 aromatic rings.